The van der Waals surface area contributed by atoms with Crippen LogP contribution in [0.3, 0.4) is 0 Å². The van der Waals surface area contributed by atoms with Crippen molar-refractivity contribution >= 4 is 27.4 Å². The Morgan fingerprint density at radius 1 is 1.37 bits per heavy atom. The number of aromatic nitrogens is 2. The SMILES string of the molecule is COC(C)CNc1ncnc2sc3c(c12)CCCC3. The Bertz CT molecular complexity index is 581. The summed E-state index contributed by atoms with van der Waals surface area (Å²) in [5, 5.41) is 4.65. The van der Waals surface area contributed by atoms with Crippen molar-refractivity contribution in [2.45, 2.75) is 38.7 Å². The summed E-state index contributed by atoms with van der Waals surface area (Å²) in [5.41, 5.74) is 1.47. The lowest BCUT2D eigenvalue weighted by Gasteiger charge is -2.14. The Labute approximate surface area is 117 Å². The second-order valence-corrected chi connectivity index (χ2v) is 6.12. The molecule has 0 amide bonds. The van der Waals surface area contributed by atoms with E-state index in [0.717, 1.165) is 23.6 Å². The number of anilines is 1. The van der Waals surface area contributed by atoms with Crippen molar-refractivity contribution in [3.63, 3.8) is 0 Å². The van der Waals surface area contributed by atoms with Gasteiger partial charge in [-0.3, -0.25) is 0 Å². The van der Waals surface area contributed by atoms with Gasteiger partial charge in [0.2, 0.25) is 0 Å². The molecule has 5 heteroatoms. The number of rotatable bonds is 4. The van der Waals surface area contributed by atoms with Crippen LogP contribution in [0.1, 0.15) is 30.2 Å². The number of thiophene rings is 1. The molecule has 2 heterocycles. The van der Waals surface area contributed by atoms with Crippen molar-refractivity contribution in [3.05, 3.63) is 16.8 Å². The number of nitrogens with zero attached hydrogens (tertiary/aromatic N) is 2. The van der Waals surface area contributed by atoms with Gasteiger partial charge in [0, 0.05) is 18.5 Å². The first-order valence-electron chi connectivity index (χ1n) is 6.81. The molecule has 0 spiro atoms. The van der Waals surface area contributed by atoms with E-state index in [0.29, 0.717) is 0 Å². The van der Waals surface area contributed by atoms with Crippen LogP contribution in [0.4, 0.5) is 5.82 Å². The first-order valence-corrected chi connectivity index (χ1v) is 7.63. The number of aryl methyl sites for hydroxylation is 2. The van der Waals surface area contributed by atoms with Gasteiger partial charge in [0.15, 0.2) is 0 Å². The van der Waals surface area contributed by atoms with E-state index in [2.05, 4.69) is 22.2 Å². The van der Waals surface area contributed by atoms with E-state index >= 15 is 0 Å². The third-order valence-corrected chi connectivity index (χ3v) is 4.91. The van der Waals surface area contributed by atoms with Gasteiger partial charge in [-0.25, -0.2) is 9.97 Å². The third kappa shape index (κ3) is 2.44. The molecule has 1 N–H and O–H groups in total. The molecule has 2 aromatic heterocycles. The van der Waals surface area contributed by atoms with E-state index in [1.165, 1.54) is 35.1 Å². The highest BCUT2D eigenvalue weighted by Crippen LogP contribution is 2.37. The lowest BCUT2D eigenvalue weighted by molar-refractivity contribution is 0.128. The van der Waals surface area contributed by atoms with E-state index in [-0.39, 0.29) is 6.10 Å². The highest BCUT2D eigenvalue weighted by molar-refractivity contribution is 7.19. The Balaban J connectivity index is 1.97. The molecule has 4 nitrogen and oxygen atoms in total. The van der Waals surface area contributed by atoms with Crippen molar-refractivity contribution in [1.29, 1.82) is 0 Å². The van der Waals surface area contributed by atoms with Gasteiger partial charge in [0.1, 0.15) is 17.0 Å². The molecule has 1 aliphatic carbocycles. The monoisotopic (exact) mass is 277 g/mol. The Morgan fingerprint density at radius 2 is 2.21 bits per heavy atom. The minimum absolute atomic E-state index is 0.180. The molecule has 0 fully saturated rings. The van der Waals surface area contributed by atoms with Gasteiger partial charge in [0.25, 0.3) is 0 Å². The molecule has 0 aliphatic heterocycles. The molecule has 1 unspecified atom stereocenters. The van der Waals surface area contributed by atoms with Crippen LogP contribution in [0.15, 0.2) is 6.33 Å². The highest BCUT2D eigenvalue weighted by atomic mass is 32.1. The average Bonchev–Trinajstić information content (AvgIpc) is 2.83. The van der Waals surface area contributed by atoms with Gasteiger partial charge in [-0.15, -0.1) is 11.3 Å². The molecule has 0 radical (unpaired) electrons. The first kappa shape index (κ1) is 12.8. The number of fused-ring (bicyclic) bond motifs is 3. The van der Waals surface area contributed by atoms with Crippen molar-refractivity contribution in [2.24, 2.45) is 0 Å². The number of nitrogens with one attached hydrogen (secondary N) is 1. The smallest absolute Gasteiger partial charge is 0.138 e. The lowest BCUT2D eigenvalue weighted by atomic mass is 9.97. The maximum absolute atomic E-state index is 5.27. The maximum Gasteiger partial charge on any atom is 0.138 e. The maximum atomic E-state index is 5.27. The molecule has 3 rings (SSSR count). The number of methoxy groups -OCH3 is 1. The fourth-order valence-corrected chi connectivity index (χ4v) is 3.78. The molecular formula is C14H19N3OS. The van der Waals surface area contributed by atoms with Gasteiger partial charge in [-0.1, -0.05) is 0 Å². The highest BCUT2D eigenvalue weighted by Gasteiger charge is 2.19. The molecule has 102 valence electrons. The summed E-state index contributed by atoms with van der Waals surface area (Å²) in [5.74, 6) is 0.966. The fraction of sp³-hybridized carbons (Fsp3) is 0.571. The van der Waals surface area contributed by atoms with Crippen LogP contribution >= 0.6 is 11.3 Å². The summed E-state index contributed by atoms with van der Waals surface area (Å²) in [4.78, 5) is 11.5. The summed E-state index contributed by atoms with van der Waals surface area (Å²) in [6.07, 6.45) is 6.78. The second-order valence-electron chi connectivity index (χ2n) is 5.04. The minimum Gasteiger partial charge on any atom is -0.380 e. The van der Waals surface area contributed by atoms with E-state index < -0.39 is 0 Å². The summed E-state index contributed by atoms with van der Waals surface area (Å²) < 4.78 is 5.27. The predicted molar refractivity (Wildman–Crippen MR) is 79.0 cm³/mol. The van der Waals surface area contributed by atoms with E-state index in [4.69, 9.17) is 4.74 Å². The standard InChI is InChI=1S/C14H19N3OS/c1-9(18-2)7-15-13-12-10-5-3-4-6-11(10)19-14(12)17-8-16-13/h8-9H,3-7H2,1-2H3,(H,15,16,17). The van der Waals surface area contributed by atoms with Crippen molar-refractivity contribution in [2.75, 3.05) is 19.0 Å². The van der Waals surface area contributed by atoms with Crippen LogP contribution in [-0.4, -0.2) is 29.7 Å². The van der Waals surface area contributed by atoms with E-state index in [1.54, 1.807) is 13.4 Å². The first-order chi connectivity index (χ1) is 9.29. The molecule has 1 aliphatic rings. The predicted octanol–water partition coefficient (Wildman–Crippen LogP) is 3.02. The largest absolute Gasteiger partial charge is 0.380 e. The van der Waals surface area contributed by atoms with Crippen molar-refractivity contribution < 1.29 is 4.74 Å². The zero-order valence-corrected chi connectivity index (χ0v) is 12.2. The summed E-state index contributed by atoms with van der Waals surface area (Å²) in [6.45, 7) is 2.82. The van der Waals surface area contributed by atoms with Gasteiger partial charge < -0.3 is 10.1 Å². The van der Waals surface area contributed by atoms with Crippen LogP contribution in [0.25, 0.3) is 10.2 Å². The summed E-state index contributed by atoms with van der Waals surface area (Å²) >= 11 is 1.83. The van der Waals surface area contributed by atoms with Gasteiger partial charge >= 0.3 is 0 Å². The zero-order chi connectivity index (χ0) is 13.2. The molecule has 0 saturated carbocycles. The molecule has 1 atom stereocenters. The van der Waals surface area contributed by atoms with Gasteiger partial charge in [0.05, 0.1) is 11.5 Å². The van der Waals surface area contributed by atoms with Crippen LogP contribution in [0.2, 0.25) is 0 Å². The Kier molecular flexibility index (Phi) is 3.66. The zero-order valence-electron chi connectivity index (χ0n) is 11.4. The summed E-state index contributed by atoms with van der Waals surface area (Å²) in [7, 11) is 1.73. The number of ether oxygens (including phenoxy) is 1. The summed E-state index contributed by atoms with van der Waals surface area (Å²) in [6, 6.07) is 0. The van der Waals surface area contributed by atoms with E-state index in [9.17, 15) is 0 Å². The quantitative estimate of drug-likeness (QED) is 0.933. The molecule has 19 heavy (non-hydrogen) atoms. The van der Waals surface area contributed by atoms with Gasteiger partial charge in [-0.05, 0) is 38.2 Å². The topological polar surface area (TPSA) is 47.0 Å². The molecule has 2 aromatic rings. The Hall–Kier alpha value is -1.20. The third-order valence-electron chi connectivity index (χ3n) is 3.71. The van der Waals surface area contributed by atoms with E-state index in [1.807, 2.05) is 11.3 Å². The molecule has 0 bridgehead atoms. The van der Waals surface area contributed by atoms with Crippen LogP contribution in [0.5, 0.6) is 0 Å². The second kappa shape index (κ2) is 5.43. The van der Waals surface area contributed by atoms with Crippen molar-refractivity contribution in [1.82, 2.24) is 9.97 Å². The Morgan fingerprint density at radius 3 is 3.05 bits per heavy atom. The molecular weight excluding hydrogens is 258 g/mol. The minimum atomic E-state index is 0.180. The molecule has 0 aromatic carbocycles. The normalized spacial score (nSPS) is 16.3. The molecule has 0 saturated heterocycles. The van der Waals surface area contributed by atoms with Gasteiger partial charge in [-0.2, -0.15) is 0 Å². The number of hydrogen-bond acceptors (Lipinski definition) is 5. The van der Waals surface area contributed by atoms with Crippen LogP contribution in [-0.2, 0) is 17.6 Å². The number of hydrogen-bond donors (Lipinski definition) is 1. The average molecular weight is 277 g/mol. The van der Waals surface area contributed by atoms with Crippen LogP contribution in [0, 0.1) is 0 Å². The lowest BCUT2D eigenvalue weighted by Crippen LogP contribution is -2.19. The van der Waals surface area contributed by atoms with Crippen molar-refractivity contribution in [3.8, 4) is 0 Å². The fourth-order valence-electron chi connectivity index (χ4n) is 2.55. The van der Waals surface area contributed by atoms with Crippen LogP contribution < -0.4 is 5.32 Å².